The lowest BCUT2D eigenvalue weighted by Crippen LogP contribution is -2.10. The van der Waals surface area contributed by atoms with E-state index in [2.05, 4.69) is 267 Å². The number of para-hydroxylation sites is 1. The van der Waals surface area contributed by atoms with E-state index in [4.69, 9.17) is 0 Å². The summed E-state index contributed by atoms with van der Waals surface area (Å²) < 4.78 is 2.41. The van der Waals surface area contributed by atoms with E-state index in [1.165, 1.54) is 93.1 Å². The van der Waals surface area contributed by atoms with E-state index < -0.39 is 0 Å². The van der Waals surface area contributed by atoms with Crippen molar-refractivity contribution < 1.29 is 0 Å². The largest absolute Gasteiger partial charge is 0.310 e. The van der Waals surface area contributed by atoms with E-state index in [-0.39, 0.29) is 5.41 Å². The van der Waals surface area contributed by atoms with Gasteiger partial charge in [0, 0.05) is 33.5 Å². The summed E-state index contributed by atoms with van der Waals surface area (Å²) in [6.07, 6.45) is 0. The van der Waals surface area contributed by atoms with Gasteiger partial charge in [-0.15, -0.1) is 0 Å². The summed E-state index contributed by atoms with van der Waals surface area (Å²) in [5, 5.41) is 9.99. The van der Waals surface area contributed by atoms with Gasteiger partial charge >= 0.3 is 0 Å². The van der Waals surface area contributed by atoms with Crippen molar-refractivity contribution in [1.29, 1.82) is 0 Å². The molecule has 0 unspecified atom stereocenters. The standard InChI is InChI=1S/C64H48N2/c1-64(2,3)47-33-39-60-58(41-47)59-42-51(38-40-61(59)66(60)48-21-8-5-9-22-48)65(49-34-29-44(30-35-49)53-28-16-20-43-17-10-11-23-52(43)53)50-36-31-46(32-37-50)63-56-26-14-12-24-54(56)62(45-18-6-4-7-19-45)55-25-13-15-27-57(55)63/h4-42H,1-3H3. The minimum atomic E-state index is 0.00505. The van der Waals surface area contributed by atoms with E-state index in [1.807, 2.05) is 0 Å². The Morgan fingerprint density at radius 2 is 0.788 bits per heavy atom. The summed E-state index contributed by atoms with van der Waals surface area (Å²) in [5.74, 6) is 0. The summed E-state index contributed by atoms with van der Waals surface area (Å²) >= 11 is 0. The van der Waals surface area contributed by atoms with Gasteiger partial charge in [0.05, 0.1) is 11.0 Å². The monoisotopic (exact) mass is 844 g/mol. The summed E-state index contributed by atoms with van der Waals surface area (Å²) in [6, 6.07) is 87.0. The predicted molar refractivity (Wildman–Crippen MR) is 283 cm³/mol. The molecule has 12 aromatic rings. The first-order valence-corrected chi connectivity index (χ1v) is 23.0. The maximum Gasteiger partial charge on any atom is 0.0542 e. The van der Waals surface area contributed by atoms with Crippen LogP contribution in [0.5, 0.6) is 0 Å². The van der Waals surface area contributed by atoms with E-state index in [0.717, 1.165) is 22.7 Å². The molecule has 2 heteroatoms. The molecule has 0 aliphatic heterocycles. The molecule has 0 aliphatic carbocycles. The Kier molecular flexibility index (Phi) is 9.43. The molecule has 0 amide bonds. The van der Waals surface area contributed by atoms with Crippen molar-refractivity contribution in [3.63, 3.8) is 0 Å². The zero-order valence-electron chi connectivity index (χ0n) is 37.4. The van der Waals surface area contributed by atoms with Crippen molar-refractivity contribution in [3.8, 4) is 39.1 Å². The molecule has 0 saturated heterocycles. The molecule has 1 heterocycles. The molecular weight excluding hydrogens is 797 g/mol. The predicted octanol–water partition coefficient (Wildman–Crippen LogP) is 18.0. The number of anilines is 3. The van der Waals surface area contributed by atoms with Gasteiger partial charge in [0.2, 0.25) is 0 Å². The molecule has 11 aromatic carbocycles. The molecule has 0 fully saturated rings. The number of benzene rings is 11. The first kappa shape index (κ1) is 39.4. The fraction of sp³-hybridized carbons (Fsp3) is 0.0625. The highest BCUT2D eigenvalue weighted by atomic mass is 15.1. The van der Waals surface area contributed by atoms with Gasteiger partial charge in [0.1, 0.15) is 0 Å². The molecule has 0 bridgehead atoms. The molecule has 1 aromatic heterocycles. The van der Waals surface area contributed by atoms with Gasteiger partial charge < -0.3 is 9.47 Å². The van der Waals surface area contributed by atoms with Gasteiger partial charge in [-0.05, 0) is 143 Å². The van der Waals surface area contributed by atoms with Crippen LogP contribution in [0, 0.1) is 0 Å². The highest BCUT2D eigenvalue weighted by Crippen LogP contribution is 2.46. The van der Waals surface area contributed by atoms with Crippen LogP contribution in [0.1, 0.15) is 26.3 Å². The Labute approximate surface area is 386 Å². The number of hydrogen-bond donors (Lipinski definition) is 0. The molecule has 0 spiro atoms. The van der Waals surface area contributed by atoms with Crippen molar-refractivity contribution in [2.45, 2.75) is 26.2 Å². The number of nitrogens with zero attached hydrogens (tertiary/aromatic N) is 2. The highest BCUT2D eigenvalue weighted by Gasteiger charge is 2.22. The van der Waals surface area contributed by atoms with E-state index in [9.17, 15) is 0 Å². The van der Waals surface area contributed by atoms with Crippen molar-refractivity contribution in [1.82, 2.24) is 4.57 Å². The van der Waals surface area contributed by atoms with Crippen LogP contribution in [0.25, 0.3) is 93.2 Å². The number of rotatable bonds is 7. The van der Waals surface area contributed by atoms with Gasteiger partial charge in [0.25, 0.3) is 0 Å². The van der Waals surface area contributed by atoms with Crippen molar-refractivity contribution in [3.05, 3.63) is 242 Å². The molecule has 0 radical (unpaired) electrons. The van der Waals surface area contributed by atoms with Crippen LogP contribution in [0.2, 0.25) is 0 Å². The number of hydrogen-bond acceptors (Lipinski definition) is 1. The Morgan fingerprint density at radius 3 is 1.38 bits per heavy atom. The normalized spacial score (nSPS) is 11.9. The smallest absolute Gasteiger partial charge is 0.0542 e. The quantitative estimate of drug-likeness (QED) is 0.145. The van der Waals surface area contributed by atoms with E-state index in [1.54, 1.807) is 0 Å². The average molecular weight is 845 g/mol. The maximum absolute atomic E-state index is 2.42. The first-order valence-electron chi connectivity index (χ1n) is 23.0. The Bertz CT molecular complexity index is 3700. The second-order valence-corrected chi connectivity index (χ2v) is 18.5. The number of fused-ring (bicyclic) bond motifs is 6. The van der Waals surface area contributed by atoms with Crippen LogP contribution in [-0.2, 0) is 5.41 Å². The summed E-state index contributed by atoms with van der Waals surface area (Å²) in [7, 11) is 0. The maximum atomic E-state index is 2.42. The fourth-order valence-electron chi connectivity index (χ4n) is 10.3. The van der Waals surface area contributed by atoms with Crippen molar-refractivity contribution in [2.24, 2.45) is 0 Å². The lowest BCUT2D eigenvalue weighted by atomic mass is 9.86. The second kappa shape index (κ2) is 15.8. The zero-order valence-corrected chi connectivity index (χ0v) is 37.4. The fourth-order valence-corrected chi connectivity index (χ4v) is 10.3. The third-order valence-corrected chi connectivity index (χ3v) is 13.5. The highest BCUT2D eigenvalue weighted by molar-refractivity contribution is 6.21. The van der Waals surface area contributed by atoms with Crippen molar-refractivity contribution in [2.75, 3.05) is 4.90 Å². The lowest BCUT2D eigenvalue weighted by molar-refractivity contribution is 0.591. The summed E-state index contributed by atoms with van der Waals surface area (Å²) in [4.78, 5) is 2.42. The lowest BCUT2D eigenvalue weighted by Gasteiger charge is -2.26. The molecule has 0 N–H and O–H groups in total. The Balaban J connectivity index is 1.05. The minimum Gasteiger partial charge on any atom is -0.310 e. The van der Waals surface area contributed by atoms with Gasteiger partial charge in [-0.3, -0.25) is 0 Å². The SMILES string of the molecule is CC(C)(C)c1ccc2c(c1)c1cc(N(c3ccc(-c4cccc5ccccc45)cc3)c3ccc(-c4c5ccccc5c(-c5ccccc5)c5ccccc45)cc3)ccc1n2-c1ccccc1. The summed E-state index contributed by atoms with van der Waals surface area (Å²) in [5.41, 5.74) is 15.5. The third kappa shape index (κ3) is 6.64. The second-order valence-electron chi connectivity index (χ2n) is 18.5. The number of aromatic nitrogens is 1. The third-order valence-electron chi connectivity index (χ3n) is 13.5. The van der Waals surface area contributed by atoms with Crippen molar-refractivity contribution >= 4 is 71.2 Å². The minimum absolute atomic E-state index is 0.00505. The molecule has 0 aliphatic rings. The average Bonchev–Trinajstić information content (AvgIpc) is 3.69. The first-order chi connectivity index (χ1) is 32.4. The van der Waals surface area contributed by atoms with Crippen LogP contribution in [0.4, 0.5) is 17.1 Å². The Hall–Kier alpha value is -8.20. The molecule has 66 heavy (non-hydrogen) atoms. The van der Waals surface area contributed by atoms with Gasteiger partial charge in [-0.25, -0.2) is 0 Å². The summed E-state index contributed by atoms with van der Waals surface area (Å²) in [6.45, 7) is 6.89. The van der Waals surface area contributed by atoms with Gasteiger partial charge in [0.15, 0.2) is 0 Å². The topological polar surface area (TPSA) is 8.17 Å². The molecule has 2 nitrogen and oxygen atoms in total. The molecule has 0 saturated carbocycles. The van der Waals surface area contributed by atoms with Gasteiger partial charge in [-0.1, -0.05) is 191 Å². The van der Waals surface area contributed by atoms with E-state index in [0.29, 0.717) is 0 Å². The van der Waals surface area contributed by atoms with Crippen LogP contribution >= 0.6 is 0 Å². The van der Waals surface area contributed by atoms with Gasteiger partial charge in [-0.2, -0.15) is 0 Å². The molecule has 0 atom stereocenters. The molecule has 12 rings (SSSR count). The Morgan fingerprint density at radius 1 is 0.333 bits per heavy atom. The molecular formula is C64H48N2. The van der Waals surface area contributed by atoms with Crippen LogP contribution in [-0.4, -0.2) is 4.57 Å². The van der Waals surface area contributed by atoms with Crippen LogP contribution < -0.4 is 4.90 Å². The zero-order chi connectivity index (χ0) is 44.4. The molecule has 314 valence electrons. The van der Waals surface area contributed by atoms with Crippen LogP contribution in [0.3, 0.4) is 0 Å². The van der Waals surface area contributed by atoms with Crippen LogP contribution in [0.15, 0.2) is 237 Å². The van der Waals surface area contributed by atoms with E-state index >= 15 is 0 Å².